The lowest BCUT2D eigenvalue weighted by Gasteiger charge is -2.17. The summed E-state index contributed by atoms with van der Waals surface area (Å²) >= 11 is 4.83. The van der Waals surface area contributed by atoms with Crippen molar-refractivity contribution in [3.8, 4) is 0 Å². The minimum atomic E-state index is -4.35. The van der Waals surface area contributed by atoms with Gasteiger partial charge >= 0.3 is 6.18 Å². The highest BCUT2D eigenvalue weighted by Gasteiger charge is 2.31. The van der Waals surface area contributed by atoms with Gasteiger partial charge < -0.3 is 5.32 Å². The molecule has 0 saturated heterocycles. The summed E-state index contributed by atoms with van der Waals surface area (Å²) < 4.78 is 38.9. The average Bonchev–Trinajstić information content (AvgIpc) is 2.70. The number of nitrogens with zero attached hydrogens (tertiary/aromatic N) is 1. The predicted molar refractivity (Wildman–Crippen MR) is 82.8 cm³/mol. The van der Waals surface area contributed by atoms with Crippen LogP contribution < -0.4 is 5.32 Å². The molecule has 1 unspecified atom stereocenters. The van der Waals surface area contributed by atoms with Crippen molar-refractivity contribution in [2.45, 2.75) is 33.0 Å². The van der Waals surface area contributed by atoms with Crippen molar-refractivity contribution in [3.63, 3.8) is 0 Å². The lowest BCUT2D eigenvalue weighted by molar-refractivity contribution is -0.137. The summed E-state index contributed by atoms with van der Waals surface area (Å²) in [4.78, 5) is 5.36. The zero-order chi connectivity index (χ0) is 15.8. The maximum Gasteiger partial charge on any atom is 0.416 e. The monoisotopic (exact) mass is 378 g/mol. The third-order valence-corrected chi connectivity index (χ3v) is 4.95. The fraction of sp³-hybridized carbons (Fsp3) is 0.357. The second-order valence-electron chi connectivity index (χ2n) is 4.74. The quantitative estimate of drug-likeness (QED) is 0.739. The minimum Gasteiger partial charge on any atom is -0.377 e. The lowest BCUT2D eigenvalue weighted by Crippen LogP contribution is -2.10. The second-order valence-corrected chi connectivity index (χ2v) is 6.83. The van der Waals surface area contributed by atoms with Gasteiger partial charge in [-0.1, -0.05) is 0 Å². The van der Waals surface area contributed by atoms with E-state index in [1.54, 1.807) is 11.3 Å². The maximum absolute atomic E-state index is 12.8. The zero-order valence-corrected chi connectivity index (χ0v) is 14.1. The van der Waals surface area contributed by atoms with E-state index in [-0.39, 0.29) is 6.04 Å². The molecule has 0 aliphatic carbocycles. The Bertz CT molecular complexity index is 652. The van der Waals surface area contributed by atoms with Crippen LogP contribution in [0.1, 0.15) is 34.1 Å². The Balaban J connectivity index is 2.28. The Hall–Kier alpha value is -1.08. The van der Waals surface area contributed by atoms with Crippen molar-refractivity contribution >= 4 is 33.0 Å². The van der Waals surface area contributed by atoms with E-state index in [0.717, 1.165) is 27.7 Å². The molecule has 2 aromatic rings. The third-order valence-electron chi connectivity index (χ3n) is 3.00. The molecule has 0 spiro atoms. The van der Waals surface area contributed by atoms with Crippen molar-refractivity contribution < 1.29 is 13.2 Å². The van der Waals surface area contributed by atoms with Crippen molar-refractivity contribution in [1.82, 2.24) is 4.98 Å². The topological polar surface area (TPSA) is 24.9 Å². The van der Waals surface area contributed by atoms with Crippen LogP contribution in [0, 0.1) is 13.8 Å². The highest BCUT2D eigenvalue weighted by Crippen LogP contribution is 2.36. The highest BCUT2D eigenvalue weighted by molar-refractivity contribution is 9.10. The van der Waals surface area contributed by atoms with Crippen molar-refractivity contribution in [2.75, 3.05) is 5.32 Å². The Morgan fingerprint density at radius 1 is 1.29 bits per heavy atom. The normalized spacial score (nSPS) is 13.3. The van der Waals surface area contributed by atoms with Gasteiger partial charge in [0, 0.05) is 15.0 Å². The summed E-state index contributed by atoms with van der Waals surface area (Å²) in [7, 11) is 0. The average molecular weight is 379 g/mol. The van der Waals surface area contributed by atoms with Gasteiger partial charge in [0.15, 0.2) is 0 Å². The van der Waals surface area contributed by atoms with E-state index in [0.29, 0.717) is 10.2 Å². The largest absolute Gasteiger partial charge is 0.416 e. The van der Waals surface area contributed by atoms with Gasteiger partial charge in [-0.2, -0.15) is 13.2 Å². The summed E-state index contributed by atoms with van der Waals surface area (Å²) in [6, 6.07) is 3.46. The molecule has 0 radical (unpaired) electrons. The minimum absolute atomic E-state index is 0.115. The molecular weight excluding hydrogens is 365 g/mol. The standard InChI is InChI=1S/C14H14BrF3N2S/c1-7-13(21-9(3)19-7)8(2)20-12-6-10(14(16,17)18)4-5-11(12)15/h4-6,8,20H,1-3H3. The molecule has 1 heterocycles. The molecule has 0 fully saturated rings. The summed E-state index contributed by atoms with van der Waals surface area (Å²) in [6.07, 6.45) is -4.35. The molecule has 1 aromatic carbocycles. The molecule has 1 aromatic heterocycles. The van der Waals surface area contributed by atoms with Gasteiger partial charge in [-0.05, 0) is 54.9 Å². The molecule has 0 aliphatic rings. The van der Waals surface area contributed by atoms with E-state index in [1.807, 2.05) is 20.8 Å². The number of hydrogen-bond donors (Lipinski definition) is 1. The molecule has 21 heavy (non-hydrogen) atoms. The fourth-order valence-electron chi connectivity index (χ4n) is 2.06. The van der Waals surface area contributed by atoms with Gasteiger partial charge in [-0.15, -0.1) is 11.3 Å². The van der Waals surface area contributed by atoms with E-state index < -0.39 is 11.7 Å². The van der Waals surface area contributed by atoms with Crippen LogP contribution in [0.3, 0.4) is 0 Å². The summed E-state index contributed by atoms with van der Waals surface area (Å²) in [6.45, 7) is 5.72. The molecule has 0 saturated carbocycles. The maximum atomic E-state index is 12.8. The van der Waals surface area contributed by atoms with Crippen LogP contribution in [0.15, 0.2) is 22.7 Å². The Morgan fingerprint density at radius 2 is 1.95 bits per heavy atom. The van der Waals surface area contributed by atoms with E-state index in [4.69, 9.17) is 0 Å². The molecule has 2 nitrogen and oxygen atoms in total. The van der Waals surface area contributed by atoms with Gasteiger partial charge in [0.25, 0.3) is 0 Å². The van der Waals surface area contributed by atoms with Crippen LogP contribution in [0.5, 0.6) is 0 Å². The third kappa shape index (κ3) is 3.77. The van der Waals surface area contributed by atoms with Crippen molar-refractivity contribution in [3.05, 3.63) is 43.8 Å². The van der Waals surface area contributed by atoms with Gasteiger partial charge in [-0.3, -0.25) is 0 Å². The molecule has 114 valence electrons. The molecule has 7 heteroatoms. The molecule has 0 amide bonds. The van der Waals surface area contributed by atoms with Crippen LogP contribution in [0.2, 0.25) is 0 Å². The Kier molecular flexibility index (Phi) is 4.63. The molecule has 1 atom stereocenters. The SMILES string of the molecule is Cc1nc(C)c(C(C)Nc2cc(C(F)(F)F)ccc2Br)s1. The van der Waals surface area contributed by atoms with Gasteiger partial charge in [0.05, 0.1) is 22.3 Å². The van der Waals surface area contributed by atoms with E-state index in [1.165, 1.54) is 6.07 Å². The first-order valence-electron chi connectivity index (χ1n) is 6.25. The zero-order valence-electron chi connectivity index (χ0n) is 11.7. The number of hydrogen-bond acceptors (Lipinski definition) is 3. The number of halogens is 4. The van der Waals surface area contributed by atoms with Crippen LogP contribution in [-0.4, -0.2) is 4.98 Å². The predicted octanol–water partition coefficient (Wildman–Crippen LogP) is 5.71. The number of benzene rings is 1. The Morgan fingerprint density at radius 3 is 2.48 bits per heavy atom. The van der Waals surface area contributed by atoms with E-state index in [9.17, 15) is 13.2 Å². The van der Waals surface area contributed by atoms with Gasteiger partial charge in [0.2, 0.25) is 0 Å². The molecule has 0 bridgehead atoms. The fourth-order valence-corrected chi connectivity index (χ4v) is 3.35. The van der Waals surface area contributed by atoms with Crippen molar-refractivity contribution in [2.24, 2.45) is 0 Å². The van der Waals surface area contributed by atoms with Crippen LogP contribution in [-0.2, 0) is 6.18 Å². The number of rotatable bonds is 3. The lowest BCUT2D eigenvalue weighted by atomic mass is 10.1. The summed E-state index contributed by atoms with van der Waals surface area (Å²) in [5, 5.41) is 4.06. The first kappa shape index (κ1) is 16.3. The van der Waals surface area contributed by atoms with Gasteiger partial charge in [0.1, 0.15) is 0 Å². The van der Waals surface area contributed by atoms with E-state index in [2.05, 4.69) is 26.2 Å². The molecule has 0 aliphatic heterocycles. The molecular formula is C14H14BrF3N2S. The first-order chi connectivity index (χ1) is 9.68. The number of thiazole rings is 1. The van der Waals surface area contributed by atoms with Gasteiger partial charge in [-0.25, -0.2) is 4.98 Å². The number of aromatic nitrogens is 1. The van der Waals surface area contributed by atoms with Crippen LogP contribution in [0.25, 0.3) is 0 Å². The Labute approximate surface area is 133 Å². The summed E-state index contributed by atoms with van der Waals surface area (Å²) in [5.74, 6) is 0. The van der Waals surface area contributed by atoms with Crippen molar-refractivity contribution in [1.29, 1.82) is 0 Å². The number of alkyl halides is 3. The second kappa shape index (κ2) is 5.96. The highest BCUT2D eigenvalue weighted by atomic mass is 79.9. The first-order valence-corrected chi connectivity index (χ1v) is 7.86. The summed E-state index contributed by atoms with van der Waals surface area (Å²) in [5.41, 5.74) is 0.654. The number of anilines is 1. The molecule has 1 N–H and O–H groups in total. The molecule has 2 rings (SSSR count). The van der Waals surface area contributed by atoms with Crippen LogP contribution >= 0.6 is 27.3 Å². The van der Waals surface area contributed by atoms with Crippen LogP contribution in [0.4, 0.5) is 18.9 Å². The smallest absolute Gasteiger partial charge is 0.377 e. The number of aryl methyl sites for hydroxylation is 2. The number of nitrogens with one attached hydrogen (secondary N) is 1. The van der Waals surface area contributed by atoms with E-state index >= 15 is 0 Å².